The summed E-state index contributed by atoms with van der Waals surface area (Å²) >= 11 is 0. The third-order valence-electron chi connectivity index (χ3n) is 3.74. The van der Waals surface area contributed by atoms with Crippen molar-refractivity contribution in [3.63, 3.8) is 0 Å². The Bertz CT molecular complexity index is 844. The van der Waals surface area contributed by atoms with Gasteiger partial charge in [-0.1, -0.05) is 27.7 Å². The van der Waals surface area contributed by atoms with E-state index in [-0.39, 0.29) is 11.1 Å². The molecule has 0 saturated carbocycles. The third-order valence-corrected chi connectivity index (χ3v) is 3.74. The summed E-state index contributed by atoms with van der Waals surface area (Å²) in [6.07, 6.45) is 1.70. The maximum absolute atomic E-state index is 14.9. The number of ether oxygens (including phenoxy) is 1. The van der Waals surface area contributed by atoms with Crippen LogP contribution in [0.4, 0.5) is 4.39 Å². The predicted molar refractivity (Wildman–Crippen MR) is 87.2 cm³/mol. The van der Waals surface area contributed by atoms with Gasteiger partial charge < -0.3 is 4.74 Å². The second-order valence-electron chi connectivity index (χ2n) is 6.35. The van der Waals surface area contributed by atoms with Crippen LogP contribution < -0.4 is 16.0 Å². The molecule has 2 rings (SSSR count). The molecule has 0 aliphatic rings. The molecule has 0 saturated heterocycles. The fourth-order valence-corrected chi connectivity index (χ4v) is 2.57. The number of H-pyrrole nitrogens is 1. The fraction of sp³-hybridized carbons (Fsp3) is 0.412. The van der Waals surface area contributed by atoms with Gasteiger partial charge in [-0.15, -0.1) is 0 Å². The molecular weight excluding hydrogens is 299 g/mol. The lowest BCUT2D eigenvalue weighted by atomic mass is 9.84. The van der Waals surface area contributed by atoms with Crippen molar-refractivity contribution in [1.82, 2.24) is 9.55 Å². The molecular formula is C17H21FN2O3. The first-order valence-electron chi connectivity index (χ1n) is 7.43. The molecule has 0 bridgehead atoms. The molecule has 1 aromatic carbocycles. The molecule has 0 aliphatic carbocycles. The van der Waals surface area contributed by atoms with Crippen molar-refractivity contribution in [2.75, 3.05) is 7.11 Å². The molecule has 0 unspecified atom stereocenters. The van der Waals surface area contributed by atoms with Crippen LogP contribution >= 0.6 is 0 Å². The number of nitrogens with zero attached hydrogens (tertiary/aromatic N) is 1. The van der Waals surface area contributed by atoms with Gasteiger partial charge in [0.1, 0.15) is 5.75 Å². The average Bonchev–Trinajstić information content (AvgIpc) is 2.46. The van der Waals surface area contributed by atoms with Crippen molar-refractivity contribution in [2.24, 2.45) is 0 Å². The Labute approximate surface area is 133 Å². The van der Waals surface area contributed by atoms with E-state index in [0.29, 0.717) is 17.7 Å². The summed E-state index contributed by atoms with van der Waals surface area (Å²) < 4.78 is 21.5. The number of nitrogens with one attached hydrogen (secondary N) is 1. The second kappa shape index (κ2) is 6.02. The van der Waals surface area contributed by atoms with Crippen LogP contribution in [-0.4, -0.2) is 16.7 Å². The van der Waals surface area contributed by atoms with E-state index < -0.39 is 17.1 Å². The van der Waals surface area contributed by atoms with Gasteiger partial charge in [-0.2, -0.15) is 0 Å². The Balaban J connectivity index is 2.89. The smallest absolute Gasteiger partial charge is 0.333 e. The first kappa shape index (κ1) is 17.0. The Morgan fingerprint density at radius 3 is 2.43 bits per heavy atom. The van der Waals surface area contributed by atoms with Gasteiger partial charge in [0.05, 0.1) is 12.8 Å². The average molecular weight is 320 g/mol. The van der Waals surface area contributed by atoms with E-state index in [1.165, 1.54) is 19.4 Å². The summed E-state index contributed by atoms with van der Waals surface area (Å²) in [5.41, 5.74) is -0.188. The summed E-state index contributed by atoms with van der Waals surface area (Å²) in [6.45, 7) is 7.79. The van der Waals surface area contributed by atoms with Crippen LogP contribution in [0.2, 0.25) is 0 Å². The number of hydrogen-bond donors (Lipinski definition) is 1. The molecule has 0 spiro atoms. The Morgan fingerprint density at radius 1 is 1.30 bits per heavy atom. The fourth-order valence-electron chi connectivity index (χ4n) is 2.57. The molecule has 5 nitrogen and oxygen atoms in total. The van der Waals surface area contributed by atoms with Gasteiger partial charge in [-0.25, -0.2) is 9.18 Å². The molecule has 1 heterocycles. The topological polar surface area (TPSA) is 64.1 Å². The summed E-state index contributed by atoms with van der Waals surface area (Å²) in [5.74, 6) is -0.0229. The van der Waals surface area contributed by atoms with Gasteiger partial charge in [0.25, 0.3) is 5.56 Å². The highest BCUT2D eigenvalue weighted by atomic mass is 19.1. The summed E-state index contributed by atoms with van der Waals surface area (Å²) in [7, 11) is 1.51. The van der Waals surface area contributed by atoms with Crippen molar-refractivity contribution < 1.29 is 9.13 Å². The molecule has 23 heavy (non-hydrogen) atoms. The summed E-state index contributed by atoms with van der Waals surface area (Å²) in [4.78, 5) is 25.4. The monoisotopic (exact) mass is 320 g/mol. The highest BCUT2D eigenvalue weighted by molar-refractivity contribution is 5.54. The molecule has 0 radical (unpaired) electrons. The van der Waals surface area contributed by atoms with Gasteiger partial charge >= 0.3 is 5.69 Å². The van der Waals surface area contributed by atoms with Crippen LogP contribution in [0.5, 0.6) is 5.75 Å². The molecule has 0 fully saturated rings. The Hall–Kier alpha value is -2.37. The maximum atomic E-state index is 14.9. The highest BCUT2D eigenvalue weighted by Crippen LogP contribution is 2.38. The first-order chi connectivity index (χ1) is 10.7. The van der Waals surface area contributed by atoms with E-state index in [0.717, 1.165) is 10.1 Å². The summed E-state index contributed by atoms with van der Waals surface area (Å²) in [6, 6.07) is 2.79. The minimum Gasteiger partial charge on any atom is -0.496 e. The molecule has 124 valence electrons. The first-order valence-corrected chi connectivity index (χ1v) is 7.43. The van der Waals surface area contributed by atoms with Gasteiger partial charge in [0.15, 0.2) is 5.82 Å². The maximum Gasteiger partial charge on any atom is 0.333 e. The minimum atomic E-state index is -0.677. The number of aromatic nitrogens is 2. The number of rotatable bonds is 3. The largest absolute Gasteiger partial charge is 0.496 e. The van der Waals surface area contributed by atoms with E-state index >= 15 is 0 Å². The highest BCUT2D eigenvalue weighted by Gasteiger charge is 2.26. The number of aromatic amines is 1. The number of methoxy groups -OCH3 is 1. The lowest BCUT2D eigenvalue weighted by molar-refractivity contribution is 0.387. The zero-order valence-electron chi connectivity index (χ0n) is 14.0. The summed E-state index contributed by atoms with van der Waals surface area (Å²) in [5, 5.41) is 0. The molecule has 0 atom stereocenters. The number of hydrogen-bond acceptors (Lipinski definition) is 3. The predicted octanol–water partition coefficient (Wildman–Crippen LogP) is 2.53. The van der Waals surface area contributed by atoms with E-state index in [9.17, 15) is 14.0 Å². The molecule has 0 aliphatic heterocycles. The molecule has 1 aromatic heterocycles. The second-order valence-corrected chi connectivity index (χ2v) is 6.35. The minimum absolute atomic E-state index is 0.105. The number of benzene rings is 1. The quantitative estimate of drug-likeness (QED) is 0.945. The normalized spacial score (nSPS) is 11.6. The lowest BCUT2D eigenvalue weighted by Crippen LogP contribution is -2.28. The van der Waals surface area contributed by atoms with Gasteiger partial charge in [-0.3, -0.25) is 14.3 Å². The zero-order valence-corrected chi connectivity index (χ0v) is 14.0. The van der Waals surface area contributed by atoms with Crippen LogP contribution in [0, 0.1) is 5.82 Å². The SMILES string of the molecule is CCc1c(F)c(-n2ccc(=O)[nH]c2=O)cc(C(C)(C)C)c1OC. The Kier molecular flexibility index (Phi) is 4.45. The third kappa shape index (κ3) is 3.06. The standard InChI is InChI=1S/C17H21FN2O3/c1-6-10-14(18)12(20-8-7-13(21)19-16(20)22)9-11(15(10)23-5)17(2,3)4/h7-9H,6H2,1-5H3,(H,19,21,22). The van der Waals surface area contributed by atoms with Gasteiger partial charge in [0.2, 0.25) is 0 Å². The van der Waals surface area contributed by atoms with Crippen LogP contribution in [0.15, 0.2) is 27.9 Å². The molecule has 6 heteroatoms. The molecule has 0 amide bonds. The van der Waals surface area contributed by atoms with Crippen LogP contribution in [-0.2, 0) is 11.8 Å². The van der Waals surface area contributed by atoms with Gasteiger partial charge in [-0.05, 0) is 17.9 Å². The van der Waals surface area contributed by atoms with Crippen molar-refractivity contribution in [3.05, 3.63) is 56.1 Å². The van der Waals surface area contributed by atoms with Crippen LogP contribution in [0.3, 0.4) is 0 Å². The lowest BCUT2D eigenvalue weighted by Gasteiger charge is -2.26. The van der Waals surface area contributed by atoms with Crippen molar-refractivity contribution in [3.8, 4) is 11.4 Å². The van der Waals surface area contributed by atoms with Crippen molar-refractivity contribution in [2.45, 2.75) is 39.5 Å². The molecule has 2 aromatic rings. The van der Waals surface area contributed by atoms with Crippen molar-refractivity contribution >= 4 is 0 Å². The molecule has 1 N–H and O–H groups in total. The Morgan fingerprint density at radius 2 is 1.96 bits per heavy atom. The van der Waals surface area contributed by atoms with E-state index in [1.807, 2.05) is 27.7 Å². The zero-order chi connectivity index (χ0) is 17.4. The van der Waals surface area contributed by atoms with E-state index in [1.54, 1.807) is 6.07 Å². The van der Waals surface area contributed by atoms with Crippen LogP contribution in [0.25, 0.3) is 5.69 Å². The number of halogens is 1. The van der Waals surface area contributed by atoms with Gasteiger partial charge in [0, 0.05) is 23.4 Å². The van der Waals surface area contributed by atoms with E-state index in [2.05, 4.69) is 4.98 Å². The van der Waals surface area contributed by atoms with Crippen LogP contribution in [0.1, 0.15) is 38.8 Å². The van der Waals surface area contributed by atoms with Crippen molar-refractivity contribution in [1.29, 1.82) is 0 Å². The van der Waals surface area contributed by atoms with E-state index in [4.69, 9.17) is 4.74 Å².